The molecule has 3 nitrogen and oxygen atoms in total. The summed E-state index contributed by atoms with van der Waals surface area (Å²) in [6.07, 6.45) is 1.24. The molecule has 2 aromatic carbocycles. The van der Waals surface area contributed by atoms with E-state index in [-0.39, 0.29) is 5.56 Å². The molecule has 0 N–H and O–H groups in total. The van der Waals surface area contributed by atoms with Crippen LogP contribution in [0.5, 0.6) is 0 Å². The van der Waals surface area contributed by atoms with Gasteiger partial charge in [0, 0.05) is 16.0 Å². The van der Waals surface area contributed by atoms with Gasteiger partial charge in [0.1, 0.15) is 0 Å². The molecule has 0 saturated carbocycles. The van der Waals surface area contributed by atoms with Crippen LogP contribution < -0.4 is 5.56 Å². The first-order valence-corrected chi connectivity index (χ1v) is 6.14. The van der Waals surface area contributed by atoms with E-state index in [1.54, 1.807) is 18.2 Å². The molecule has 0 saturated heterocycles. The van der Waals surface area contributed by atoms with Crippen LogP contribution in [0.4, 0.5) is 0 Å². The normalized spacial score (nSPS) is 10.6. The van der Waals surface area contributed by atoms with Crippen molar-refractivity contribution in [1.29, 1.82) is 0 Å². The highest BCUT2D eigenvalue weighted by molar-refractivity contribution is 6.30. The van der Waals surface area contributed by atoms with E-state index < -0.39 is 0 Å². The Hall–Kier alpha value is -2.26. The first-order chi connectivity index (χ1) is 9.24. The van der Waals surface area contributed by atoms with Gasteiger partial charge in [0.05, 0.1) is 17.4 Å². The smallest absolute Gasteiger partial charge is 0.266 e. The van der Waals surface area contributed by atoms with Crippen LogP contribution in [0, 0.1) is 0 Å². The number of aromatic nitrogens is 2. The fourth-order valence-corrected chi connectivity index (χ4v) is 2.07. The monoisotopic (exact) mass is 268 g/mol. The van der Waals surface area contributed by atoms with Crippen molar-refractivity contribution < 1.29 is 0 Å². The highest BCUT2D eigenvalue weighted by atomic mass is 35.5. The standard InChI is InChI=1S/C15H9ClN2O/c16-11-7-5-10(6-8-11)15-12-3-1-2-4-13(12)18-14(19)9-17-15/h1-9H. The number of hydrogen-bond acceptors (Lipinski definition) is 3. The zero-order valence-corrected chi connectivity index (χ0v) is 10.6. The van der Waals surface area contributed by atoms with Gasteiger partial charge in [-0.25, -0.2) is 9.97 Å². The van der Waals surface area contributed by atoms with Crippen molar-refractivity contribution in [2.45, 2.75) is 0 Å². The third-order valence-corrected chi connectivity index (χ3v) is 3.06. The van der Waals surface area contributed by atoms with E-state index >= 15 is 0 Å². The number of fused-ring (bicyclic) bond motifs is 1. The highest BCUT2D eigenvalue weighted by Gasteiger charge is 2.05. The van der Waals surface area contributed by atoms with Gasteiger partial charge in [-0.3, -0.25) is 4.79 Å². The van der Waals surface area contributed by atoms with E-state index in [2.05, 4.69) is 9.97 Å². The maximum absolute atomic E-state index is 11.5. The maximum Gasteiger partial charge on any atom is 0.288 e. The van der Waals surface area contributed by atoms with Gasteiger partial charge in [-0.2, -0.15) is 0 Å². The van der Waals surface area contributed by atoms with Gasteiger partial charge in [-0.1, -0.05) is 41.9 Å². The molecule has 0 amide bonds. The number of hydrogen-bond donors (Lipinski definition) is 0. The molecule has 0 fully saturated rings. The summed E-state index contributed by atoms with van der Waals surface area (Å²) >= 11 is 5.89. The third kappa shape index (κ3) is 2.33. The lowest BCUT2D eigenvalue weighted by atomic mass is 10.1. The van der Waals surface area contributed by atoms with Gasteiger partial charge < -0.3 is 0 Å². The van der Waals surface area contributed by atoms with E-state index in [0.717, 1.165) is 16.6 Å². The van der Waals surface area contributed by atoms with Gasteiger partial charge in [0.15, 0.2) is 0 Å². The predicted octanol–water partition coefficient (Wildman–Crippen LogP) is 3.31. The third-order valence-electron chi connectivity index (χ3n) is 2.81. The molecule has 0 aliphatic heterocycles. The zero-order chi connectivity index (χ0) is 13.2. The molecule has 0 spiro atoms. The Bertz CT molecular complexity index is 800. The summed E-state index contributed by atoms with van der Waals surface area (Å²) in [5.74, 6) is 0. The van der Waals surface area contributed by atoms with Crippen LogP contribution >= 0.6 is 11.6 Å². The number of para-hydroxylation sites is 1. The molecule has 1 aromatic heterocycles. The number of benzene rings is 2. The van der Waals surface area contributed by atoms with E-state index in [4.69, 9.17) is 11.6 Å². The fraction of sp³-hybridized carbons (Fsp3) is 0. The van der Waals surface area contributed by atoms with Crippen molar-refractivity contribution in [3.63, 3.8) is 0 Å². The largest absolute Gasteiger partial charge is 0.288 e. The second-order valence-corrected chi connectivity index (χ2v) is 4.52. The summed E-state index contributed by atoms with van der Waals surface area (Å²) in [5, 5.41) is 1.50. The number of halogens is 1. The molecule has 0 atom stereocenters. The zero-order valence-electron chi connectivity index (χ0n) is 9.88. The lowest BCUT2D eigenvalue weighted by molar-refractivity contribution is 1.26. The second kappa shape index (κ2) is 4.78. The first kappa shape index (κ1) is 11.8. The molecule has 19 heavy (non-hydrogen) atoms. The van der Waals surface area contributed by atoms with Gasteiger partial charge in [-0.15, -0.1) is 0 Å². The average Bonchev–Trinajstić information content (AvgIpc) is 2.58. The van der Waals surface area contributed by atoms with E-state index in [9.17, 15) is 4.79 Å². The van der Waals surface area contributed by atoms with Crippen molar-refractivity contribution >= 4 is 22.5 Å². The molecule has 0 unspecified atom stereocenters. The van der Waals surface area contributed by atoms with Crippen molar-refractivity contribution in [3.8, 4) is 11.3 Å². The van der Waals surface area contributed by atoms with Crippen LogP contribution in [0.1, 0.15) is 0 Å². The molecule has 3 aromatic rings. The van der Waals surface area contributed by atoms with Crippen LogP contribution in [0.3, 0.4) is 0 Å². The van der Waals surface area contributed by atoms with Crippen molar-refractivity contribution in [1.82, 2.24) is 9.97 Å². The second-order valence-electron chi connectivity index (χ2n) is 4.08. The first-order valence-electron chi connectivity index (χ1n) is 5.76. The summed E-state index contributed by atoms with van der Waals surface area (Å²) in [6.45, 7) is 0. The Balaban J connectivity index is 2.38. The molecular weight excluding hydrogens is 260 g/mol. The molecule has 1 heterocycles. The van der Waals surface area contributed by atoms with Crippen LogP contribution in [0.2, 0.25) is 5.02 Å². The van der Waals surface area contributed by atoms with Crippen LogP contribution in [-0.2, 0) is 0 Å². The minimum absolute atomic E-state index is 0.351. The molecule has 0 bridgehead atoms. The van der Waals surface area contributed by atoms with Crippen LogP contribution in [0.25, 0.3) is 22.2 Å². The topological polar surface area (TPSA) is 42.9 Å². The summed E-state index contributed by atoms with van der Waals surface area (Å²) in [5.41, 5.74) is 1.91. The molecule has 0 aliphatic rings. The van der Waals surface area contributed by atoms with Gasteiger partial charge in [-0.05, 0) is 18.2 Å². The minimum atomic E-state index is -0.351. The lowest BCUT2D eigenvalue weighted by Gasteiger charge is -2.01. The SMILES string of the molecule is O=c1cnc(-c2ccc(Cl)cc2)c2ccccc2n1. The molecule has 4 heteroatoms. The van der Waals surface area contributed by atoms with Crippen molar-refractivity contribution in [2.24, 2.45) is 0 Å². The van der Waals surface area contributed by atoms with Gasteiger partial charge >= 0.3 is 0 Å². The summed E-state index contributed by atoms with van der Waals surface area (Å²) < 4.78 is 0. The molecule has 3 rings (SSSR count). The highest BCUT2D eigenvalue weighted by Crippen LogP contribution is 2.25. The summed E-state index contributed by atoms with van der Waals surface area (Å²) in [4.78, 5) is 19.8. The Kier molecular flexibility index (Phi) is 2.97. The van der Waals surface area contributed by atoms with Crippen LogP contribution in [-0.4, -0.2) is 9.97 Å². The van der Waals surface area contributed by atoms with E-state index in [1.807, 2.05) is 30.3 Å². The van der Waals surface area contributed by atoms with Gasteiger partial charge in [0.25, 0.3) is 5.56 Å². The Morgan fingerprint density at radius 1 is 0.947 bits per heavy atom. The number of rotatable bonds is 1. The van der Waals surface area contributed by atoms with Crippen molar-refractivity contribution in [2.75, 3.05) is 0 Å². The predicted molar refractivity (Wildman–Crippen MR) is 76.3 cm³/mol. The molecule has 0 aliphatic carbocycles. The molecule has 0 radical (unpaired) electrons. The molecular formula is C15H9ClN2O. The quantitative estimate of drug-likeness (QED) is 0.680. The van der Waals surface area contributed by atoms with Crippen molar-refractivity contribution in [3.05, 3.63) is 70.1 Å². The Morgan fingerprint density at radius 2 is 1.68 bits per heavy atom. The lowest BCUT2D eigenvalue weighted by Crippen LogP contribution is -1.98. The molecule has 92 valence electrons. The average molecular weight is 269 g/mol. The minimum Gasteiger partial charge on any atom is -0.266 e. The summed E-state index contributed by atoms with van der Waals surface area (Å²) in [6, 6.07) is 14.8. The maximum atomic E-state index is 11.5. The fourth-order valence-electron chi connectivity index (χ4n) is 1.95. The Morgan fingerprint density at radius 3 is 2.47 bits per heavy atom. The van der Waals surface area contributed by atoms with Gasteiger partial charge in [0.2, 0.25) is 0 Å². The Labute approximate surface area is 114 Å². The van der Waals surface area contributed by atoms with E-state index in [0.29, 0.717) is 10.5 Å². The van der Waals surface area contributed by atoms with Crippen LogP contribution in [0.15, 0.2) is 59.5 Å². The van der Waals surface area contributed by atoms with E-state index in [1.165, 1.54) is 6.20 Å². The summed E-state index contributed by atoms with van der Waals surface area (Å²) in [7, 11) is 0. The number of nitrogens with zero attached hydrogens (tertiary/aromatic N) is 2.